The Hall–Kier alpha value is -1.91. The Kier molecular flexibility index (Phi) is 3.67. The van der Waals surface area contributed by atoms with Crippen molar-refractivity contribution >= 4 is 15.9 Å². The van der Waals surface area contributed by atoms with E-state index in [1.807, 2.05) is 60.8 Å². The fourth-order valence-corrected chi connectivity index (χ4v) is 2.49. The van der Waals surface area contributed by atoms with E-state index in [1.54, 1.807) is 10.9 Å². The summed E-state index contributed by atoms with van der Waals surface area (Å²) >= 11 is 3.41. The molecule has 2 aromatic carbocycles. The van der Waals surface area contributed by atoms with Crippen LogP contribution < -0.4 is 0 Å². The molecule has 1 heterocycles. The van der Waals surface area contributed by atoms with Crippen LogP contribution in [-0.4, -0.2) is 14.9 Å². The zero-order valence-corrected chi connectivity index (χ0v) is 12.2. The molecule has 3 nitrogen and oxygen atoms in total. The Morgan fingerprint density at radius 2 is 1.80 bits per heavy atom. The highest BCUT2D eigenvalue weighted by Crippen LogP contribution is 2.24. The number of hydrogen-bond donors (Lipinski definition) is 1. The highest BCUT2D eigenvalue weighted by Gasteiger charge is 2.13. The van der Waals surface area contributed by atoms with Gasteiger partial charge in [0.15, 0.2) is 0 Å². The molecule has 0 aliphatic heterocycles. The van der Waals surface area contributed by atoms with Crippen LogP contribution in [0.15, 0.2) is 71.5 Å². The lowest BCUT2D eigenvalue weighted by atomic mass is 10.1. The van der Waals surface area contributed by atoms with Gasteiger partial charge in [-0.2, -0.15) is 5.10 Å². The number of aliphatic hydroxyl groups is 1. The molecule has 0 spiro atoms. The molecule has 1 N–H and O–H groups in total. The third-order valence-corrected chi connectivity index (χ3v) is 3.60. The topological polar surface area (TPSA) is 38.1 Å². The molecule has 3 aromatic rings. The van der Waals surface area contributed by atoms with Crippen molar-refractivity contribution in [3.8, 4) is 5.69 Å². The molecule has 20 heavy (non-hydrogen) atoms. The molecule has 4 heteroatoms. The number of rotatable bonds is 3. The number of aliphatic hydroxyl groups excluding tert-OH is 1. The second-order valence-corrected chi connectivity index (χ2v) is 5.43. The van der Waals surface area contributed by atoms with Gasteiger partial charge >= 0.3 is 0 Å². The summed E-state index contributed by atoms with van der Waals surface area (Å²) in [6.07, 6.45) is 2.87. The van der Waals surface area contributed by atoms with Crippen molar-refractivity contribution in [3.63, 3.8) is 0 Å². The van der Waals surface area contributed by atoms with E-state index >= 15 is 0 Å². The summed E-state index contributed by atoms with van der Waals surface area (Å²) in [7, 11) is 0. The summed E-state index contributed by atoms with van der Waals surface area (Å²) in [5.41, 5.74) is 2.58. The highest BCUT2D eigenvalue weighted by atomic mass is 79.9. The maximum Gasteiger partial charge on any atom is 0.107 e. The van der Waals surface area contributed by atoms with Gasteiger partial charge < -0.3 is 5.11 Å². The summed E-state index contributed by atoms with van der Waals surface area (Å²) < 4.78 is 2.71. The minimum atomic E-state index is -0.676. The molecule has 0 amide bonds. The summed E-state index contributed by atoms with van der Waals surface area (Å²) in [6, 6.07) is 17.5. The number of halogens is 1. The van der Waals surface area contributed by atoms with E-state index in [0.717, 1.165) is 21.3 Å². The van der Waals surface area contributed by atoms with Crippen LogP contribution >= 0.6 is 15.9 Å². The second-order valence-electron chi connectivity index (χ2n) is 4.51. The normalized spacial score (nSPS) is 12.3. The zero-order chi connectivity index (χ0) is 13.9. The molecule has 1 unspecified atom stereocenters. The molecule has 0 radical (unpaired) electrons. The Morgan fingerprint density at radius 3 is 2.55 bits per heavy atom. The van der Waals surface area contributed by atoms with Crippen LogP contribution in [-0.2, 0) is 0 Å². The fourth-order valence-electron chi connectivity index (χ4n) is 2.07. The molecule has 0 fully saturated rings. The predicted octanol–water partition coefficient (Wildman–Crippen LogP) is 3.72. The van der Waals surface area contributed by atoms with E-state index in [2.05, 4.69) is 21.0 Å². The van der Waals surface area contributed by atoms with Crippen molar-refractivity contribution in [1.29, 1.82) is 0 Å². The zero-order valence-electron chi connectivity index (χ0n) is 10.6. The molecule has 0 aliphatic rings. The molecule has 0 bridgehead atoms. The van der Waals surface area contributed by atoms with Crippen molar-refractivity contribution in [2.45, 2.75) is 6.10 Å². The number of nitrogens with zero attached hydrogens (tertiary/aromatic N) is 2. The Balaban J connectivity index is 1.90. The highest BCUT2D eigenvalue weighted by molar-refractivity contribution is 9.10. The molecule has 100 valence electrons. The van der Waals surface area contributed by atoms with Gasteiger partial charge in [0.05, 0.1) is 11.9 Å². The summed E-state index contributed by atoms with van der Waals surface area (Å²) in [5.74, 6) is 0. The molecule has 0 saturated carbocycles. The fraction of sp³-hybridized carbons (Fsp3) is 0.0625. The van der Waals surface area contributed by atoms with Gasteiger partial charge in [0.25, 0.3) is 0 Å². The van der Waals surface area contributed by atoms with Crippen LogP contribution in [0, 0.1) is 0 Å². The van der Waals surface area contributed by atoms with Gasteiger partial charge in [-0.05, 0) is 29.8 Å². The molecule has 0 aliphatic carbocycles. The van der Waals surface area contributed by atoms with Crippen molar-refractivity contribution < 1.29 is 5.11 Å². The van der Waals surface area contributed by atoms with Gasteiger partial charge in [0, 0.05) is 16.2 Å². The van der Waals surface area contributed by atoms with Crippen LogP contribution in [0.1, 0.15) is 17.2 Å². The van der Waals surface area contributed by atoms with E-state index in [1.165, 1.54) is 0 Å². The third-order valence-electron chi connectivity index (χ3n) is 3.10. The van der Waals surface area contributed by atoms with Crippen molar-refractivity contribution in [2.75, 3.05) is 0 Å². The lowest BCUT2D eigenvalue weighted by Gasteiger charge is -2.08. The van der Waals surface area contributed by atoms with Gasteiger partial charge in [-0.3, -0.25) is 0 Å². The Morgan fingerprint density at radius 1 is 1.00 bits per heavy atom. The molecule has 3 rings (SSSR count). The molecule has 0 saturated heterocycles. The number of aromatic nitrogens is 2. The molecule has 1 aromatic heterocycles. The molecular formula is C16H13BrN2O. The smallest absolute Gasteiger partial charge is 0.107 e. The van der Waals surface area contributed by atoms with Crippen molar-refractivity contribution in [3.05, 3.63) is 82.6 Å². The SMILES string of the molecule is OC(c1cccc(Br)c1)c1cnn(-c2ccccc2)c1. The molecular weight excluding hydrogens is 316 g/mol. The van der Waals surface area contributed by atoms with Crippen LogP contribution in [0.25, 0.3) is 5.69 Å². The second kappa shape index (κ2) is 5.61. The maximum absolute atomic E-state index is 10.4. The summed E-state index contributed by atoms with van der Waals surface area (Å²) in [6.45, 7) is 0. The van der Waals surface area contributed by atoms with Crippen molar-refractivity contribution in [1.82, 2.24) is 9.78 Å². The number of benzene rings is 2. The van der Waals surface area contributed by atoms with Crippen LogP contribution in [0.2, 0.25) is 0 Å². The minimum Gasteiger partial charge on any atom is -0.384 e. The average Bonchev–Trinajstić information content (AvgIpc) is 2.97. The first-order valence-electron chi connectivity index (χ1n) is 6.27. The van der Waals surface area contributed by atoms with E-state index in [9.17, 15) is 5.11 Å². The average molecular weight is 329 g/mol. The first-order chi connectivity index (χ1) is 9.74. The standard InChI is InChI=1S/C16H13BrN2O/c17-14-6-4-5-12(9-14)16(20)13-10-18-19(11-13)15-7-2-1-3-8-15/h1-11,16,20H. The minimum absolute atomic E-state index is 0.676. The van der Waals surface area contributed by atoms with Gasteiger partial charge in [-0.25, -0.2) is 4.68 Å². The Bertz CT molecular complexity index is 709. The lowest BCUT2D eigenvalue weighted by Crippen LogP contribution is -1.98. The molecule has 1 atom stereocenters. The van der Waals surface area contributed by atoms with E-state index in [0.29, 0.717) is 0 Å². The van der Waals surface area contributed by atoms with Gasteiger partial charge in [-0.15, -0.1) is 0 Å². The monoisotopic (exact) mass is 328 g/mol. The first kappa shape index (κ1) is 13.1. The number of hydrogen-bond acceptors (Lipinski definition) is 2. The largest absolute Gasteiger partial charge is 0.384 e. The Labute approximate surface area is 125 Å². The maximum atomic E-state index is 10.4. The van der Waals surface area contributed by atoms with Crippen LogP contribution in [0.4, 0.5) is 0 Å². The van der Waals surface area contributed by atoms with E-state index in [-0.39, 0.29) is 0 Å². The summed E-state index contributed by atoms with van der Waals surface area (Å²) in [4.78, 5) is 0. The third kappa shape index (κ3) is 2.66. The van der Waals surface area contributed by atoms with E-state index < -0.39 is 6.10 Å². The van der Waals surface area contributed by atoms with Gasteiger partial charge in [0.1, 0.15) is 6.10 Å². The number of para-hydroxylation sites is 1. The van der Waals surface area contributed by atoms with Crippen molar-refractivity contribution in [2.24, 2.45) is 0 Å². The predicted molar refractivity (Wildman–Crippen MR) is 81.8 cm³/mol. The van der Waals surface area contributed by atoms with Gasteiger partial charge in [-0.1, -0.05) is 46.3 Å². The van der Waals surface area contributed by atoms with E-state index in [4.69, 9.17) is 0 Å². The van der Waals surface area contributed by atoms with Crippen LogP contribution in [0.3, 0.4) is 0 Å². The quantitative estimate of drug-likeness (QED) is 0.795. The van der Waals surface area contributed by atoms with Crippen LogP contribution in [0.5, 0.6) is 0 Å². The van der Waals surface area contributed by atoms with Gasteiger partial charge in [0.2, 0.25) is 0 Å². The summed E-state index contributed by atoms with van der Waals surface area (Å²) in [5, 5.41) is 14.7. The first-order valence-corrected chi connectivity index (χ1v) is 7.07. The lowest BCUT2D eigenvalue weighted by molar-refractivity contribution is 0.220.